The van der Waals surface area contributed by atoms with Crippen molar-refractivity contribution < 1.29 is 13.9 Å². The molecule has 0 saturated carbocycles. The van der Waals surface area contributed by atoms with Crippen molar-refractivity contribution in [3.63, 3.8) is 0 Å². The van der Waals surface area contributed by atoms with Crippen molar-refractivity contribution in [3.05, 3.63) is 26.6 Å². The SMILES string of the molecule is Oc1cc(Br)cc(Br)c1[C@H](C(F)F)N1CCNCC1. The molecule has 2 rings (SSSR count). The molecule has 106 valence electrons. The van der Waals surface area contributed by atoms with Gasteiger partial charge in [0.05, 0.1) is 0 Å². The number of hydrogen-bond acceptors (Lipinski definition) is 3. The predicted molar refractivity (Wildman–Crippen MR) is 76.7 cm³/mol. The monoisotopic (exact) mass is 398 g/mol. The van der Waals surface area contributed by atoms with Gasteiger partial charge in [-0.2, -0.15) is 0 Å². The van der Waals surface area contributed by atoms with E-state index in [-0.39, 0.29) is 11.3 Å². The molecule has 0 amide bonds. The van der Waals surface area contributed by atoms with Gasteiger partial charge in [0.25, 0.3) is 6.43 Å². The van der Waals surface area contributed by atoms with Crippen molar-refractivity contribution in [2.75, 3.05) is 26.2 Å². The molecule has 19 heavy (non-hydrogen) atoms. The minimum Gasteiger partial charge on any atom is -0.508 e. The Morgan fingerprint density at radius 2 is 1.84 bits per heavy atom. The highest BCUT2D eigenvalue weighted by molar-refractivity contribution is 9.11. The van der Waals surface area contributed by atoms with Gasteiger partial charge in [0.2, 0.25) is 0 Å². The molecule has 0 spiro atoms. The quantitative estimate of drug-likeness (QED) is 0.819. The van der Waals surface area contributed by atoms with Gasteiger partial charge in [-0.05, 0) is 12.1 Å². The van der Waals surface area contributed by atoms with Crippen molar-refractivity contribution in [3.8, 4) is 5.75 Å². The number of alkyl halides is 2. The number of benzene rings is 1. The van der Waals surface area contributed by atoms with Gasteiger partial charge in [0.1, 0.15) is 11.8 Å². The molecule has 7 heteroatoms. The van der Waals surface area contributed by atoms with E-state index in [0.717, 1.165) is 0 Å². The van der Waals surface area contributed by atoms with Gasteiger partial charge in [0.15, 0.2) is 0 Å². The number of phenolic OH excluding ortho intramolecular Hbond substituents is 1. The summed E-state index contributed by atoms with van der Waals surface area (Å²) in [5.41, 5.74) is 0.250. The number of nitrogens with zero attached hydrogens (tertiary/aromatic N) is 1. The zero-order valence-electron chi connectivity index (χ0n) is 10.0. The summed E-state index contributed by atoms with van der Waals surface area (Å²) >= 11 is 6.50. The molecule has 1 saturated heterocycles. The molecule has 1 aromatic rings. The molecule has 0 radical (unpaired) electrons. The lowest BCUT2D eigenvalue weighted by Crippen LogP contribution is -2.47. The summed E-state index contributed by atoms with van der Waals surface area (Å²) in [6, 6.07) is 2.02. The Labute approximate surface area is 127 Å². The predicted octanol–water partition coefficient (Wildman–Crippen LogP) is 3.13. The van der Waals surface area contributed by atoms with E-state index in [0.29, 0.717) is 35.1 Å². The largest absolute Gasteiger partial charge is 0.508 e. The van der Waals surface area contributed by atoms with Crippen LogP contribution in [0.1, 0.15) is 11.6 Å². The molecule has 1 fully saturated rings. The number of piperazine rings is 1. The zero-order valence-corrected chi connectivity index (χ0v) is 13.2. The highest BCUT2D eigenvalue weighted by Gasteiger charge is 2.33. The maximum atomic E-state index is 13.4. The van der Waals surface area contributed by atoms with Crippen LogP contribution in [-0.2, 0) is 0 Å². The van der Waals surface area contributed by atoms with Gasteiger partial charge < -0.3 is 10.4 Å². The third-order valence-electron chi connectivity index (χ3n) is 3.15. The van der Waals surface area contributed by atoms with Gasteiger partial charge in [-0.3, -0.25) is 4.90 Å². The third-order valence-corrected chi connectivity index (χ3v) is 4.27. The van der Waals surface area contributed by atoms with Crippen LogP contribution >= 0.6 is 31.9 Å². The summed E-state index contributed by atoms with van der Waals surface area (Å²) in [6.07, 6.45) is -2.55. The van der Waals surface area contributed by atoms with Crippen LogP contribution in [0.4, 0.5) is 8.78 Å². The summed E-state index contributed by atoms with van der Waals surface area (Å²) in [7, 11) is 0. The number of aromatic hydroxyl groups is 1. The van der Waals surface area contributed by atoms with Crippen LogP contribution in [0.2, 0.25) is 0 Å². The molecular formula is C12H14Br2F2N2O. The first-order chi connectivity index (χ1) is 9.00. The first kappa shape index (κ1) is 15.2. The van der Waals surface area contributed by atoms with Crippen molar-refractivity contribution in [1.29, 1.82) is 0 Å². The van der Waals surface area contributed by atoms with Crippen molar-refractivity contribution in [1.82, 2.24) is 10.2 Å². The number of rotatable bonds is 3. The first-order valence-corrected chi connectivity index (χ1v) is 7.50. The molecule has 1 atom stereocenters. The molecule has 0 aromatic heterocycles. The second kappa shape index (κ2) is 6.47. The second-order valence-electron chi connectivity index (χ2n) is 4.39. The van der Waals surface area contributed by atoms with Crippen molar-refractivity contribution >= 4 is 31.9 Å². The van der Waals surface area contributed by atoms with E-state index < -0.39 is 12.5 Å². The smallest absolute Gasteiger partial charge is 0.258 e. The van der Waals surface area contributed by atoms with E-state index >= 15 is 0 Å². The third kappa shape index (κ3) is 3.45. The first-order valence-electron chi connectivity index (χ1n) is 5.91. The summed E-state index contributed by atoms with van der Waals surface area (Å²) in [5, 5.41) is 13.1. The van der Waals surface area contributed by atoms with Crippen LogP contribution in [0.25, 0.3) is 0 Å². The fourth-order valence-corrected chi connectivity index (χ4v) is 3.73. The van der Waals surface area contributed by atoms with E-state index in [1.165, 1.54) is 6.07 Å². The fourth-order valence-electron chi connectivity index (χ4n) is 2.29. The van der Waals surface area contributed by atoms with Crippen LogP contribution in [0, 0.1) is 0 Å². The highest BCUT2D eigenvalue weighted by atomic mass is 79.9. The van der Waals surface area contributed by atoms with Gasteiger partial charge in [-0.25, -0.2) is 8.78 Å². The fraction of sp³-hybridized carbons (Fsp3) is 0.500. The van der Waals surface area contributed by atoms with Gasteiger partial charge in [0, 0.05) is 40.7 Å². The van der Waals surface area contributed by atoms with Crippen molar-refractivity contribution in [2.45, 2.75) is 12.5 Å². The normalized spacial score (nSPS) is 18.8. The molecule has 1 heterocycles. The Bertz CT molecular complexity index is 430. The van der Waals surface area contributed by atoms with Gasteiger partial charge in [-0.15, -0.1) is 0 Å². The zero-order chi connectivity index (χ0) is 14.0. The second-order valence-corrected chi connectivity index (χ2v) is 6.16. The average molecular weight is 400 g/mol. The maximum absolute atomic E-state index is 13.4. The number of nitrogens with one attached hydrogen (secondary N) is 1. The summed E-state index contributed by atoms with van der Waals surface area (Å²) in [4.78, 5) is 1.70. The number of hydrogen-bond donors (Lipinski definition) is 2. The van der Waals surface area contributed by atoms with Crippen molar-refractivity contribution in [2.24, 2.45) is 0 Å². The number of phenols is 1. The molecule has 1 aliphatic rings. The summed E-state index contributed by atoms with van der Waals surface area (Å²) < 4.78 is 28.0. The van der Waals surface area contributed by atoms with Crippen LogP contribution in [-0.4, -0.2) is 42.6 Å². The van der Waals surface area contributed by atoms with E-state index in [4.69, 9.17) is 0 Å². The Morgan fingerprint density at radius 3 is 2.37 bits per heavy atom. The molecule has 2 N–H and O–H groups in total. The van der Waals surface area contributed by atoms with Crippen LogP contribution < -0.4 is 5.32 Å². The Balaban J connectivity index is 2.38. The topological polar surface area (TPSA) is 35.5 Å². The molecular weight excluding hydrogens is 386 g/mol. The molecule has 1 aliphatic heterocycles. The van der Waals surface area contributed by atoms with E-state index in [2.05, 4.69) is 37.2 Å². The molecule has 3 nitrogen and oxygen atoms in total. The average Bonchev–Trinajstić information content (AvgIpc) is 2.34. The molecule has 0 aliphatic carbocycles. The highest BCUT2D eigenvalue weighted by Crippen LogP contribution is 2.40. The van der Waals surface area contributed by atoms with Crippen LogP contribution in [0.3, 0.4) is 0 Å². The van der Waals surface area contributed by atoms with Gasteiger partial charge >= 0.3 is 0 Å². The van der Waals surface area contributed by atoms with E-state index in [1.54, 1.807) is 11.0 Å². The minimum absolute atomic E-state index is 0.120. The lowest BCUT2D eigenvalue weighted by atomic mass is 10.0. The summed E-state index contributed by atoms with van der Waals surface area (Å²) in [6.45, 7) is 2.43. The van der Waals surface area contributed by atoms with Crippen LogP contribution in [0.15, 0.2) is 21.1 Å². The van der Waals surface area contributed by atoms with Gasteiger partial charge in [-0.1, -0.05) is 31.9 Å². The molecule has 1 aromatic carbocycles. The minimum atomic E-state index is -2.55. The Kier molecular flexibility index (Phi) is 5.16. The lowest BCUT2D eigenvalue weighted by molar-refractivity contribution is 0.0166. The summed E-state index contributed by atoms with van der Waals surface area (Å²) in [5.74, 6) is -0.120. The Hall–Kier alpha value is -0.240. The standard InChI is InChI=1S/C12H14Br2F2N2O/c13-7-5-8(14)10(9(19)6-7)11(12(15)16)18-3-1-17-2-4-18/h5-6,11-12,17,19H,1-4H2/t11-/m1/s1. The van der Waals surface area contributed by atoms with Crippen LogP contribution in [0.5, 0.6) is 5.75 Å². The van der Waals surface area contributed by atoms with E-state index in [9.17, 15) is 13.9 Å². The maximum Gasteiger partial charge on any atom is 0.258 e. The molecule has 0 bridgehead atoms. The number of halogens is 4. The Morgan fingerprint density at radius 1 is 1.21 bits per heavy atom. The lowest BCUT2D eigenvalue weighted by Gasteiger charge is -2.35. The van der Waals surface area contributed by atoms with E-state index in [1.807, 2.05) is 0 Å². The molecule has 0 unspecified atom stereocenters.